The molecule has 2 heterocycles. The molecule has 9 heteroatoms. The molecule has 0 bridgehead atoms. The molecule has 7 rings (SSSR count). The van der Waals surface area contributed by atoms with E-state index in [1.54, 1.807) is 7.05 Å². The molecule has 4 aromatic rings. The summed E-state index contributed by atoms with van der Waals surface area (Å²) >= 11 is 0. The minimum absolute atomic E-state index is 0.146. The van der Waals surface area contributed by atoms with Crippen molar-refractivity contribution in [2.45, 2.75) is 56.5 Å². The van der Waals surface area contributed by atoms with E-state index >= 15 is 0 Å². The average molecular weight is 565 g/mol. The Bertz CT molecular complexity index is 1590. The highest BCUT2D eigenvalue weighted by molar-refractivity contribution is 5.93. The fourth-order valence-corrected chi connectivity index (χ4v) is 5.79. The number of nitrogens with one attached hydrogen (secondary N) is 3. The number of ether oxygens (including phenoxy) is 1. The van der Waals surface area contributed by atoms with E-state index < -0.39 is 11.6 Å². The third kappa shape index (κ3) is 5.19. The minimum Gasteiger partial charge on any atom is -0.453 e. The second-order valence-corrected chi connectivity index (χ2v) is 12.1. The van der Waals surface area contributed by atoms with Gasteiger partial charge in [0.1, 0.15) is 17.2 Å². The lowest BCUT2D eigenvalue weighted by Crippen LogP contribution is -2.51. The van der Waals surface area contributed by atoms with Gasteiger partial charge in [0.2, 0.25) is 5.91 Å². The van der Waals surface area contributed by atoms with Crippen LogP contribution in [0.25, 0.3) is 33.6 Å². The minimum atomic E-state index is -0.832. The highest BCUT2D eigenvalue weighted by atomic mass is 16.5. The Balaban J connectivity index is 1.03. The van der Waals surface area contributed by atoms with Crippen molar-refractivity contribution >= 4 is 12.0 Å². The summed E-state index contributed by atoms with van der Waals surface area (Å²) in [4.78, 5) is 42.9. The predicted molar refractivity (Wildman–Crippen MR) is 159 cm³/mol. The predicted octanol–water partition coefficient (Wildman–Crippen LogP) is 5.88. The maximum atomic E-state index is 13.3. The number of methoxy groups -OCH3 is 1. The lowest BCUT2D eigenvalue weighted by Gasteiger charge is -2.28. The standard InChI is InChI=1S/C33H36N6O3/c1-39(32(41)42-2)33(15-16-33)31(40)38-29(25-13-14-25)30-35-19-27(37-30)24-11-7-22(8-12-24)21-5-9-23(10-6-21)26-18-34-28(36-26)17-20-3-4-20/h5-12,18-20,25,29H,3-4,13-17H2,1-2H3,(H,34,36)(H,35,37)(H,38,40). The van der Waals surface area contributed by atoms with Crippen LogP contribution in [-0.2, 0) is 16.0 Å². The Hall–Kier alpha value is -4.40. The van der Waals surface area contributed by atoms with Crippen LogP contribution in [0.4, 0.5) is 4.79 Å². The maximum absolute atomic E-state index is 13.3. The largest absolute Gasteiger partial charge is 0.453 e. The monoisotopic (exact) mass is 564 g/mol. The molecule has 1 unspecified atom stereocenters. The maximum Gasteiger partial charge on any atom is 0.410 e. The second-order valence-electron chi connectivity index (χ2n) is 12.1. The van der Waals surface area contributed by atoms with Gasteiger partial charge in [0.15, 0.2) is 0 Å². The molecule has 2 amide bonds. The quantitative estimate of drug-likeness (QED) is 0.222. The zero-order valence-electron chi connectivity index (χ0n) is 24.0. The molecule has 0 saturated heterocycles. The van der Waals surface area contributed by atoms with E-state index in [0.29, 0.717) is 18.8 Å². The van der Waals surface area contributed by atoms with Crippen molar-refractivity contribution in [2.24, 2.45) is 11.8 Å². The first-order chi connectivity index (χ1) is 20.4. The topological polar surface area (TPSA) is 116 Å². The molecule has 9 nitrogen and oxygen atoms in total. The van der Waals surface area contributed by atoms with E-state index in [2.05, 4.69) is 73.8 Å². The van der Waals surface area contributed by atoms with Gasteiger partial charge < -0.3 is 20.0 Å². The molecule has 3 aliphatic carbocycles. The number of rotatable bonds is 10. The smallest absolute Gasteiger partial charge is 0.410 e. The second kappa shape index (κ2) is 10.5. The van der Waals surface area contributed by atoms with Gasteiger partial charge in [0, 0.05) is 13.5 Å². The van der Waals surface area contributed by atoms with Crippen molar-refractivity contribution in [1.82, 2.24) is 30.2 Å². The summed E-state index contributed by atoms with van der Waals surface area (Å²) in [6.45, 7) is 0. The Labute approximate surface area is 245 Å². The van der Waals surface area contributed by atoms with Gasteiger partial charge in [-0.3, -0.25) is 9.69 Å². The Morgan fingerprint density at radius 1 is 0.905 bits per heavy atom. The van der Waals surface area contributed by atoms with Gasteiger partial charge in [-0.05, 0) is 72.6 Å². The van der Waals surface area contributed by atoms with Crippen LogP contribution in [0.1, 0.15) is 56.2 Å². The molecule has 0 radical (unpaired) electrons. The Morgan fingerprint density at radius 2 is 1.48 bits per heavy atom. The summed E-state index contributed by atoms with van der Waals surface area (Å²) in [7, 11) is 2.96. The normalized spacial score (nSPS) is 17.9. The molecule has 2 aromatic carbocycles. The highest BCUT2D eigenvalue weighted by Crippen LogP contribution is 2.45. The lowest BCUT2D eigenvalue weighted by molar-refractivity contribution is -0.128. The molecule has 0 spiro atoms. The number of carbonyl (C=O) groups excluding carboxylic acids is 2. The fourth-order valence-electron chi connectivity index (χ4n) is 5.79. The van der Waals surface area contributed by atoms with Crippen molar-refractivity contribution in [3.63, 3.8) is 0 Å². The number of nitrogens with zero attached hydrogens (tertiary/aromatic N) is 3. The van der Waals surface area contributed by atoms with E-state index in [1.165, 1.54) is 24.9 Å². The highest BCUT2D eigenvalue weighted by Gasteiger charge is 2.56. The van der Waals surface area contributed by atoms with Crippen LogP contribution in [-0.4, -0.2) is 56.5 Å². The zero-order valence-corrected chi connectivity index (χ0v) is 24.0. The summed E-state index contributed by atoms with van der Waals surface area (Å²) in [5.41, 5.74) is 5.58. The summed E-state index contributed by atoms with van der Waals surface area (Å²) in [6.07, 6.45) is 10.3. The molecule has 0 aliphatic heterocycles. The van der Waals surface area contributed by atoms with Gasteiger partial charge in [-0.25, -0.2) is 14.8 Å². The fraction of sp³-hybridized carbons (Fsp3) is 0.394. The van der Waals surface area contributed by atoms with Crippen molar-refractivity contribution in [3.05, 3.63) is 72.6 Å². The van der Waals surface area contributed by atoms with Crippen LogP contribution in [0.3, 0.4) is 0 Å². The summed E-state index contributed by atoms with van der Waals surface area (Å²) in [5, 5.41) is 3.19. The number of hydrogen-bond acceptors (Lipinski definition) is 5. The summed E-state index contributed by atoms with van der Waals surface area (Å²) in [5.74, 6) is 2.83. The first-order valence-electron chi connectivity index (χ1n) is 14.9. The van der Waals surface area contributed by atoms with Crippen molar-refractivity contribution in [1.29, 1.82) is 0 Å². The number of H-pyrrole nitrogens is 2. The number of amides is 2. The number of likely N-dealkylation sites (N-methyl/N-ethyl adjacent to an activating group) is 1. The molecule has 3 fully saturated rings. The molecular formula is C33H36N6O3. The molecule has 3 saturated carbocycles. The first-order valence-corrected chi connectivity index (χ1v) is 14.9. The van der Waals surface area contributed by atoms with Gasteiger partial charge in [-0.15, -0.1) is 0 Å². The summed E-state index contributed by atoms with van der Waals surface area (Å²) < 4.78 is 4.85. The molecule has 216 valence electrons. The average Bonchev–Trinajstić information content (AvgIpc) is 3.96. The number of aromatic amines is 2. The Kier molecular flexibility index (Phi) is 6.60. The van der Waals surface area contributed by atoms with E-state index in [1.807, 2.05) is 12.4 Å². The van der Waals surface area contributed by atoms with Gasteiger partial charge in [0.05, 0.1) is 36.9 Å². The SMILES string of the molecule is COC(=O)N(C)C1(C(=O)NC(c2ncc(-c3ccc(-c4ccc(-c5cnc(CC6CC6)[nH]5)cc4)cc3)[nH]2)C2CC2)CC1. The molecule has 3 aliphatic rings. The van der Waals surface area contributed by atoms with Crippen LogP contribution in [0, 0.1) is 11.8 Å². The molecular weight excluding hydrogens is 528 g/mol. The van der Waals surface area contributed by atoms with Crippen molar-refractivity contribution in [2.75, 3.05) is 14.2 Å². The first kappa shape index (κ1) is 26.5. The van der Waals surface area contributed by atoms with Crippen LogP contribution >= 0.6 is 0 Å². The van der Waals surface area contributed by atoms with E-state index in [0.717, 1.165) is 70.5 Å². The molecule has 42 heavy (non-hydrogen) atoms. The van der Waals surface area contributed by atoms with Crippen molar-refractivity contribution < 1.29 is 14.3 Å². The van der Waals surface area contributed by atoms with Crippen molar-refractivity contribution in [3.8, 4) is 33.6 Å². The zero-order chi connectivity index (χ0) is 28.8. The van der Waals surface area contributed by atoms with Crippen LogP contribution < -0.4 is 5.32 Å². The van der Waals surface area contributed by atoms with Gasteiger partial charge in [-0.2, -0.15) is 0 Å². The lowest BCUT2D eigenvalue weighted by atomic mass is 10.0. The van der Waals surface area contributed by atoms with Gasteiger partial charge in [-0.1, -0.05) is 48.5 Å². The number of hydrogen-bond donors (Lipinski definition) is 3. The third-order valence-electron chi connectivity index (χ3n) is 9.04. The Morgan fingerprint density at radius 3 is 2.02 bits per heavy atom. The van der Waals surface area contributed by atoms with E-state index in [9.17, 15) is 9.59 Å². The van der Waals surface area contributed by atoms with Gasteiger partial charge >= 0.3 is 6.09 Å². The number of benzene rings is 2. The molecule has 3 N–H and O–H groups in total. The molecule has 1 atom stereocenters. The van der Waals surface area contributed by atoms with E-state index in [4.69, 9.17) is 4.74 Å². The third-order valence-corrected chi connectivity index (χ3v) is 9.04. The van der Waals surface area contributed by atoms with Crippen LogP contribution in [0.2, 0.25) is 0 Å². The number of imidazole rings is 2. The van der Waals surface area contributed by atoms with Crippen LogP contribution in [0.15, 0.2) is 60.9 Å². The summed E-state index contributed by atoms with van der Waals surface area (Å²) in [6, 6.07) is 16.8. The molecule has 2 aromatic heterocycles. The number of carbonyl (C=O) groups is 2. The number of aromatic nitrogens is 4. The van der Waals surface area contributed by atoms with Gasteiger partial charge in [0.25, 0.3) is 0 Å². The van der Waals surface area contributed by atoms with Crippen LogP contribution in [0.5, 0.6) is 0 Å². The van der Waals surface area contributed by atoms with E-state index in [-0.39, 0.29) is 11.9 Å².